The maximum Gasteiger partial charge on any atom is 0.131 e. The Bertz CT molecular complexity index is 1280. The van der Waals surface area contributed by atoms with Crippen LogP contribution in [0.2, 0.25) is 0 Å². The van der Waals surface area contributed by atoms with E-state index in [2.05, 4.69) is 30.3 Å². The number of nitrogens with one attached hydrogen (secondary N) is 1. The number of morpholine rings is 1. The normalized spacial score (nSPS) is 14.4. The molecule has 9 nitrogen and oxygen atoms in total. The number of pyridine rings is 1. The smallest absolute Gasteiger partial charge is 0.131 e. The molecule has 1 saturated heterocycles. The number of benzene rings is 1. The van der Waals surface area contributed by atoms with Crippen molar-refractivity contribution in [3.05, 3.63) is 54.4 Å². The average molecular weight is 464 g/mol. The molecule has 1 aromatic carbocycles. The highest BCUT2D eigenvalue weighted by atomic mass is 19.1. The van der Waals surface area contributed by atoms with Gasteiger partial charge in [0, 0.05) is 50.1 Å². The molecule has 34 heavy (non-hydrogen) atoms. The largest absolute Gasteiger partial charge is 0.491 e. The first kappa shape index (κ1) is 22.2. The van der Waals surface area contributed by atoms with Gasteiger partial charge in [-0.1, -0.05) is 5.21 Å². The van der Waals surface area contributed by atoms with E-state index >= 15 is 0 Å². The first-order valence-corrected chi connectivity index (χ1v) is 11.2. The van der Waals surface area contributed by atoms with Crippen molar-refractivity contribution in [1.29, 1.82) is 0 Å². The standard InChI is InChI=1S/C24H26FN7O2/c1-16-22(29-30-28-16)17-5-6-26-20(13-17)23-24(31(2)15-27-23)19-4-3-18(25)14-21(19)34-12-9-32-7-10-33-11-8-32/h3-6,13-15H,7-12H2,1-2H3,(H,28,29,30). The van der Waals surface area contributed by atoms with Gasteiger partial charge in [0.1, 0.15) is 29.6 Å². The van der Waals surface area contributed by atoms with Crippen LogP contribution in [0.25, 0.3) is 33.9 Å². The van der Waals surface area contributed by atoms with Gasteiger partial charge in [0.05, 0.1) is 36.6 Å². The van der Waals surface area contributed by atoms with Gasteiger partial charge >= 0.3 is 0 Å². The van der Waals surface area contributed by atoms with E-state index in [4.69, 9.17) is 9.47 Å². The second-order valence-corrected chi connectivity index (χ2v) is 8.21. The molecule has 0 unspecified atom stereocenters. The lowest BCUT2D eigenvalue weighted by atomic mass is 10.0. The summed E-state index contributed by atoms with van der Waals surface area (Å²) >= 11 is 0. The highest BCUT2D eigenvalue weighted by molar-refractivity contribution is 5.81. The van der Waals surface area contributed by atoms with E-state index in [0.717, 1.165) is 61.1 Å². The molecule has 0 spiro atoms. The molecular weight excluding hydrogens is 437 g/mol. The number of hydrogen-bond donors (Lipinski definition) is 1. The zero-order valence-electron chi connectivity index (χ0n) is 19.2. The number of halogens is 1. The summed E-state index contributed by atoms with van der Waals surface area (Å²) < 4.78 is 27.6. The summed E-state index contributed by atoms with van der Waals surface area (Å²) in [6.07, 6.45) is 3.45. The van der Waals surface area contributed by atoms with Crippen LogP contribution in [-0.4, -0.2) is 74.3 Å². The van der Waals surface area contributed by atoms with Gasteiger partial charge in [-0.25, -0.2) is 9.37 Å². The van der Waals surface area contributed by atoms with Crippen molar-refractivity contribution in [2.24, 2.45) is 7.05 Å². The quantitative estimate of drug-likeness (QED) is 0.450. The van der Waals surface area contributed by atoms with Crippen LogP contribution in [0.5, 0.6) is 5.75 Å². The van der Waals surface area contributed by atoms with E-state index in [0.29, 0.717) is 23.7 Å². The van der Waals surface area contributed by atoms with E-state index in [1.807, 2.05) is 30.7 Å². The lowest BCUT2D eigenvalue weighted by molar-refractivity contribution is 0.0322. The van der Waals surface area contributed by atoms with Crippen molar-refractivity contribution in [2.75, 3.05) is 39.5 Å². The van der Waals surface area contributed by atoms with Crippen LogP contribution in [-0.2, 0) is 11.8 Å². The van der Waals surface area contributed by atoms with E-state index in [9.17, 15) is 4.39 Å². The fourth-order valence-electron chi connectivity index (χ4n) is 4.12. The second kappa shape index (κ2) is 9.70. The van der Waals surface area contributed by atoms with Crippen molar-refractivity contribution in [3.8, 4) is 39.7 Å². The minimum atomic E-state index is -0.351. The molecule has 0 atom stereocenters. The summed E-state index contributed by atoms with van der Waals surface area (Å²) in [5.41, 5.74) is 5.41. The van der Waals surface area contributed by atoms with Gasteiger partial charge in [-0.3, -0.25) is 15.0 Å². The molecule has 0 amide bonds. The molecule has 176 valence electrons. The first-order valence-electron chi connectivity index (χ1n) is 11.2. The number of H-pyrrole nitrogens is 1. The van der Waals surface area contributed by atoms with Gasteiger partial charge in [0.15, 0.2) is 0 Å². The summed E-state index contributed by atoms with van der Waals surface area (Å²) in [5, 5.41) is 10.9. The zero-order chi connectivity index (χ0) is 23.5. The molecule has 0 radical (unpaired) electrons. The Morgan fingerprint density at radius 1 is 1.12 bits per heavy atom. The molecule has 0 bridgehead atoms. The molecule has 4 heterocycles. The predicted octanol–water partition coefficient (Wildman–Crippen LogP) is 3.09. The van der Waals surface area contributed by atoms with Crippen LogP contribution in [0.4, 0.5) is 4.39 Å². The van der Waals surface area contributed by atoms with Gasteiger partial charge in [-0.05, 0) is 31.2 Å². The number of rotatable bonds is 7. The SMILES string of the molecule is Cc1[nH]nnc1-c1ccnc(-c2ncn(C)c2-c2ccc(F)cc2OCCN2CCOCC2)c1. The molecule has 0 aliphatic carbocycles. The third-order valence-corrected chi connectivity index (χ3v) is 5.90. The number of aryl methyl sites for hydroxylation is 2. The van der Waals surface area contributed by atoms with E-state index in [-0.39, 0.29) is 5.82 Å². The number of imidazole rings is 1. The molecule has 5 rings (SSSR count). The molecule has 1 fully saturated rings. The summed E-state index contributed by atoms with van der Waals surface area (Å²) in [6, 6.07) is 8.40. The van der Waals surface area contributed by atoms with Crippen LogP contribution >= 0.6 is 0 Å². The highest BCUT2D eigenvalue weighted by Gasteiger charge is 2.20. The van der Waals surface area contributed by atoms with Crippen LogP contribution in [0.1, 0.15) is 5.69 Å². The third-order valence-electron chi connectivity index (χ3n) is 5.90. The third kappa shape index (κ3) is 4.55. The van der Waals surface area contributed by atoms with Crippen molar-refractivity contribution in [1.82, 2.24) is 34.8 Å². The fraction of sp³-hybridized carbons (Fsp3) is 0.333. The Hall–Kier alpha value is -3.63. The maximum atomic E-state index is 14.2. The molecule has 0 saturated carbocycles. The highest BCUT2D eigenvalue weighted by Crippen LogP contribution is 2.37. The monoisotopic (exact) mass is 463 g/mol. The zero-order valence-corrected chi connectivity index (χ0v) is 19.2. The van der Waals surface area contributed by atoms with Gasteiger partial charge in [0.2, 0.25) is 0 Å². The molecule has 10 heteroatoms. The van der Waals surface area contributed by atoms with E-state index in [1.165, 1.54) is 12.1 Å². The summed E-state index contributed by atoms with van der Waals surface area (Å²) in [4.78, 5) is 11.4. The van der Waals surface area contributed by atoms with Crippen molar-refractivity contribution < 1.29 is 13.9 Å². The fourth-order valence-corrected chi connectivity index (χ4v) is 4.12. The van der Waals surface area contributed by atoms with Gasteiger partial charge < -0.3 is 14.0 Å². The van der Waals surface area contributed by atoms with Crippen LogP contribution in [0.15, 0.2) is 42.9 Å². The van der Waals surface area contributed by atoms with E-state index < -0.39 is 0 Å². The molecular formula is C24H26FN7O2. The van der Waals surface area contributed by atoms with Gasteiger partial charge in [-0.2, -0.15) is 0 Å². The van der Waals surface area contributed by atoms with Crippen molar-refractivity contribution >= 4 is 0 Å². The minimum Gasteiger partial charge on any atom is -0.491 e. The summed E-state index contributed by atoms with van der Waals surface area (Å²) in [7, 11) is 1.90. The Labute approximate surface area is 196 Å². The Balaban J connectivity index is 1.47. The van der Waals surface area contributed by atoms with Crippen molar-refractivity contribution in [3.63, 3.8) is 0 Å². The minimum absolute atomic E-state index is 0.351. The Morgan fingerprint density at radius 3 is 2.76 bits per heavy atom. The molecule has 1 N–H and O–H groups in total. The number of nitrogens with zero attached hydrogens (tertiary/aromatic N) is 6. The van der Waals surface area contributed by atoms with E-state index in [1.54, 1.807) is 18.6 Å². The summed E-state index contributed by atoms with van der Waals surface area (Å²) in [5.74, 6) is 0.122. The number of ether oxygens (including phenoxy) is 2. The molecule has 4 aromatic rings. The maximum absolute atomic E-state index is 14.2. The topological polar surface area (TPSA) is 94.0 Å². The number of hydrogen-bond acceptors (Lipinski definition) is 7. The molecule has 3 aromatic heterocycles. The predicted molar refractivity (Wildman–Crippen MR) is 125 cm³/mol. The van der Waals surface area contributed by atoms with Crippen LogP contribution in [0.3, 0.4) is 0 Å². The van der Waals surface area contributed by atoms with Crippen LogP contribution < -0.4 is 4.74 Å². The van der Waals surface area contributed by atoms with Gasteiger partial charge in [-0.15, -0.1) is 5.10 Å². The number of aromatic amines is 1. The number of aromatic nitrogens is 6. The first-order chi connectivity index (χ1) is 16.6. The second-order valence-electron chi connectivity index (χ2n) is 8.21. The lowest BCUT2D eigenvalue weighted by Crippen LogP contribution is -2.38. The van der Waals surface area contributed by atoms with Crippen molar-refractivity contribution in [2.45, 2.75) is 6.92 Å². The average Bonchev–Trinajstić information content (AvgIpc) is 3.45. The Kier molecular flexibility index (Phi) is 6.33. The summed E-state index contributed by atoms with van der Waals surface area (Å²) in [6.45, 7) is 6.31. The molecule has 1 aliphatic rings. The molecule has 1 aliphatic heterocycles. The lowest BCUT2D eigenvalue weighted by Gasteiger charge is -2.26. The Morgan fingerprint density at radius 2 is 1.97 bits per heavy atom. The van der Waals surface area contributed by atoms with Gasteiger partial charge in [0.25, 0.3) is 0 Å². The van der Waals surface area contributed by atoms with Crippen LogP contribution in [0, 0.1) is 12.7 Å².